The van der Waals surface area contributed by atoms with Gasteiger partial charge in [0.15, 0.2) is 0 Å². The lowest BCUT2D eigenvalue weighted by Crippen LogP contribution is -1.95. The number of nitrogen functional groups attached to an aromatic ring is 1. The van der Waals surface area contributed by atoms with Gasteiger partial charge in [-0.2, -0.15) is 0 Å². The maximum Gasteiger partial charge on any atom is 0.242 e. The fourth-order valence-corrected chi connectivity index (χ4v) is 1.67. The zero-order chi connectivity index (χ0) is 12.4. The number of nitrogens with two attached hydrogens (primary N) is 1. The lowest BCUT2D eigenvalue weighted by molar-refractivity contribution is 0.463. The summed E-state index contributed by atoms with van der Waals surface area (Å²) < 4.78 is 18.8. The Morgan fingerprint density at radius 1 is 1.35 bits per heavy atom. The highest BCUT2D eigenvalue weighted by molar-refractivity contribution is 9.10. The molecular formula is C12H10BrFN2O. The van der Waals surface area contributed by atoms with Crippen molar-refractivity contribution in [2.45, 2.75) is 6.92 Å². The van der Waals surface area contributed by atoms with Gasteiger partial charge in [-0.05, 0) is 52.7 Å². The molecule has 0 amide bonds. The number of nitrogens with zero attached hydrogens (tertiary/aromatic N) is 1. The van der Waals surface area contributed by atoms with Gasteiger partial charge in [0.1, 0.15) is 11.6 Å². The average Bonchev–Trinajstić information content (AvgIpc) is 2.27. The molecule has 0 bridgehead atoms. The molecule has 0 fully saturated rings. The third kappa shape index (κ3) is 2.74. The number of anilines is 1. The molecule has 0 atom stereocenters. The Morgan fingerprint density at radius 2 is 2.12 bits per heavy atom. The third-order valence-electron chi connectivity index (χ3n) is 2.12. The molecule has 2 N–H and O–H groups in total. The minimum Gasteiger partial charge on any atom is -0.437 e. The summed E-state index contributed by atoms with van der Waals surface area (Å²) >= 11 is 3.08. The van der Waals surface area contributed by atoms with Crippen LogP contribution in [0.4, 0.5) is 10.1 Å². The predicted molar refractivity (Wildman–Crippen MR) is 67.6 cm³/mol. The quantitative estimate of drug-likeness (QED) is 0.920. The molecule has 17 heavy (non-hydrogen) atoms. The standard InChI is InChI=1S/C12H10BrFN2O/c1-7-4-11(15)12(16-6-7)17-8-2-3-10(14)9(13)5-8/h2-6H,15H2,1H3. The SMILES string of the molecule is Cc1cnc(Oc2ccc(F)c(Br)c2)c(N)c1. The molecule has 5 heteroatoms. The minimum absolute atomic E-state index is 0.314. The molecule has 0 spiro atoms. The molecule has 0 aliphatic carbocycles. The Hall–Kier alpha value is -1.62. The van der Waals surface area contributed by atoms with E-state index in [1.54, 1.807) is 12.3 Å². The summed E-state index contributed by atoms with van der Waals surface area (Å²) in [6.45, 7) is 1.89. The van der Waals surface area contributed by atoms with Gasteiger partial charge in [0.2, 0.25) is 5.88 Å². The molecule has 88 valence electrons. The largest absolute Gasteiger partial charge is 0.437 e. The summed E-state index contributed by atoms with van der Waals surface area (Å²) in [5.74, 6) is 0.442. The normalized spacial score (nSPS) is 10.3. The molecule has 0 radical (unpaired) electrons. The van der Waals surface area contributed by atoms with E-state index in [0.717, 1.165) is 5.56 Å². The van der Waals surface area contributed by atoms with Crippen molar-refractivity contribution in [1.29, 1.82) is 0 Å². The monoisotopic (exact) mass is 296 g/mol. The first-order valence-corrected chi connectivity index (χ1v) is 5.70. The average molecular weight is 297 g/mol. The Balaban J connectivity index is 2.28. The number of halogens is 2. The second-order valence-electron chi connectivity index (χ2n) is 3.59. The molecule has 2 aromatic rings. The molecule has 0 unspecified atom stereocenters. The maximum absolute atomic E-state index is 13.0. The first-order chi connectivity index (χ1) is 8.06. The number of ether oxygens (including phenoxy) is 1. The number of benzene rings is 1. The topological polar surface area (TPSA) is 48.1 Å². The summed E-state index contributed by atoms with van der Waals surface area (Å²) in [5, 5.41) is 0. The van der Waals surface area contributed by atoms with E-state index < -0.39 is 0 Å². The first kappa shape index (κ1) is 11.9. The van der Waals surface area contributed by atoms with E-state index >= 15 is 0 Å². The summed E-state index contributed by atoms with van der Waals surface area (Å²) in [6.07, 6.45) is 1.66. The van der Waals surface area contributed by atoms with Gasteiger partial charge in [0.25, 0.3) is 0 Å². The van der Waals surface area contributed by atoms with Gasteiger partial charge in [0.05, 0.1) is 10.2 Å². The molecule has 1 aromatic carbocycles. The van der Waals surface area contributed by atoms with Crippen molar-refractivity contribution in [2.75, 3.05) is 5.73 Å². The van der Waals surface area contributed by atoms with Crippen LogP contribution >= 0.6 is 15.9 Å². The van der Waals surface area contributed by atoms with E-state index in [4.69, 9.17) is 10.5 Å². The van der Waals surface area contributed by atoms with E-state index in [-0.39, 0.29) is 5.82 Å². The van der Waals surface area contributed by atoms with Crippen LogP contribution in [0.25, 0.3) is 0 Å². The highest BCUT2D eigenvalue weighted by atomic mass is 79.9. The lowest BCUT2D eigenvalue weighted by atomic mass is 10.3. The highest BCUT2D eigenvalue weighted by Gasteiger charge is 2.06. The van der Waals surface area contributed by atoms with Gasteiger partial charge in [-0.1, -0.05) is 0 Å². The van der Waals surface area contributed by atoms with E-state index in [1.165, 1.54) is 18.2 Å². The van der Waals surface area contributed by atoms with Crippen LogP contribution in [-0.4, -0.2) is 4.98 Å². The van der Waals surface area contributed by atoms with Crippen molar-refractivity contribution < 1.29 is 9.13 Å². The van der Waals surface area contributed by atoms with Crippen LogP contribution in [0.5, 0.6) is 11.6 Å². The van der Waals surface area contributed by atoms with Crippen LogP contribution < -0.4 is 10.5 Å². The van der Waals surface area contributed by atoms with Crippen LogP contribution in [0.3, 0.4) is 0 Å². The molecule has 0 aliphatic heterocycles. The molecule has 2 rings (SSSR count). The van der Waals surface area contributed by atoms with Crippen molar-refractivity contribution in [3.8, 4) is 11.6 Å². The van der Waals surface area contributed by atoms with Crippen LogP contribution in [0.1, 0.15) is 5.56 Å². The van der Waals surface area contributed by atoms with Gasteiger partial charge >= 0.3 is 0 Å². The minimum atomic E-state index is -0.345. The molecule has 0 saturated carbocycles. The van der Waals surface area contributed by atoms with Crippen LogP contribution in [0, 0.1) is 12.7 Å². The van der Waals surface area contributed by atoms with Crippen molar-refractivity contribution in [3.63, 3.8) is 0 Å². The number of hydrogen-bond donors (Lipinski definition) is 1. The zero-order valence-electron chi connectivity index (χ0n) is 9.08. The van der Waals surface area contributed by atoms with E-state index in [2.05, 4.69) is 20.9 Å². The molecular weight excluding hydrogens is 287 g/mol. The molecule has 1 heterocycles. The maximum atomic E-state index is 13.0. The zero-order valence-corrected chi connectivity index (χ0v) is 10.7. The number of aryl methyl sites for hydroxylation is 1. The number of rotatable bonds is 2. The van der Waals surface area contributed by atoms with E-state index in [9.17, 15) is 4.39 Å². The fourth-order valence-electron chi connectivity index (χ4n) is 1.32. The van der Waals surface area contributed by atoms with Crippen LogP contribution in [0.15, 0.2) is 34.9 Å². The van der Waals surface area contributed by atoms with Gasteiger partial charge in [-0.25, -0.2) is 9.37 Å². The molecule has 0 aliphatic rings. The molecule has 3 nitrogen and oxygen atoms in total. The van der Waals surface area contributed by atoms with Crippen molar-refractivity contribution >= 4 is 21.6 Å². The third-order valence-corrected chi connectivity index (χ3v) is 2.73. The summed E-state index contributed by atoms with van der Waals surface area (Å²) in [6, 6.07) is 6.11. The van der Waals surface area contributed by atoms with Gasteiger partial charge < -0.3 is 10.5 Å². The van der Waals surface area contributed by atoms with Gasteiger partial charge in [-0.15, -0.1) is 0 Å². The Bertz CT molecular complexity index is 560. The second kappa shape index (κ2) is 4.71. The first-order valence-electron chi connectivity index (χ1n) is 4.91. The molecule has 0 saturated heterocycles. The van der Waals surface area contributed by atoms with Crippen LogP contribution in [-0.2, 0) is 0 Å². The lowest BCUT2D eigenvalue weighted by Gasteiger charge is -2.08. The predicted octanol–water partition coefficient (Wildman–Crippen LogP) is 3.67. The number of aromatic nitrogens is 1. The summed E-state index contributed by atoms with van der Waals surface area (Å²) in [7, 11) is 0. The van der Waals surface area contributed by atoms with Crippen molar-refractivity contribution in [2.24, 2.45) is 0 Å². The Kier molecular flexibility index (Phi) is 3.28. The van der Waals surface area contributed by atoms with E-state index in [0.29, 0.717) is 21.8 Å². The van der Waals surface area contributed by atoms with Crippen LogP contribution in [0.2, 0.25) is 0 Å². The Labute approximate surface area is 107 Å². The highest BCUT2D eigenvalue weighted by Crippen LogP contribution is 2.28. The smallest absolute Gasteiger partial charge is 0.242 e. The second-order valence-corrected chi connectivity index (χ2v) is 4.44. The summed E-state index contributed by atoms with van der Waals surface area (Å²) in [5.41, 5.74) is 7.17. The van der Waals surface area contributed by atoms with Crippen molar-refractivity contribution in [3.05, 3.63) is 46.3 Å². The number of pyridine rings is 1. The summed E-state index contributed by atoms with van der Waals surface area (Å²) in [4.78, 5) is 4.07. The number of hydrogen-bond acceptors (Lipinski definition) is 3. The van der Waals surface area contributed by atoms with Crippen molar-refractivity contribution in [1.82, 2.24) is 4.98 Å². The molecule has 1 aromatic heterocycles. The Morgan fingerprint density at radius 3 is 2.76 bits per heavy atom. The van der Waals surface area contributed by atoms with Gasteiger partial charge in [-0.3, -0.25) is 0 Å². The fraction of sp³-hybridized carbons (Fsp3) is 0.0833. The van der Waals surface area contributed by atoms with Gasteiger partial charge in [0, 0.05) is 6.20 Å². The van der Waals surface area contributed by atoms with E-state index in [1.807, 2.05) is 6.92 Å².